The fourth-order valence-corrected chi connectivity index (χ4v) is 3.40. The summed E-state index contributed by atoms with van der Waals surface area (Å²) in [6.45, 7) is 1.47. The monoisotopic (exact) mass is 371 g/mol. The molecule has 0 amide bonds. The van der Waals surface area contributed by atoms with E-state index in [1.54, 1.807) is 12.1 Å². The van der Waals surface area contributed by atoms with Gasteiger partial charge < -0.3 is 19.5 Å². The van der Waals surface area contributed by atoms with Crippen LogP contribution in [0.1, 0.15) is 15.9 Å². The fourth-order valence-electron chi connectivity index (χ4n) is 2.48. The quantitative estimate of drug-likeness (QED) is 0.592. The Morgan fingerprint density at radius 3 is 2.77 bits per heavy atom. The summed E-state index contributed by atoms with van der Waals surface area (Å²) in [6, 6.07) is 10.7. The highest BCUT2D eigenvalue weighted by atomic mass is 32.2. The van der Waals surface area contributed by atoms with Gasteiger partial charge in [-0.1, -0.05) is 30.0 Å². The molecule has 0 saturated carbocycles. The number of carbonyl (C=O) groups is 1. The van der Waals surface area contributed by atoms with Crippen molar-refractivity contribution in [3.05, 3.63) is 53.6 Å². The zero-order valence-corrected chi connectivity index (χ0v) is 15.6. The molecule has 0 fully saturated rings. The first-order chi connectivity index (χ1) is 12.5. The number of aromatic hydroxyl groups is 1. The highest BCUT2D eigenvalue weighted by Crippen LogP contribution is 2.42. The Bertz CT molecular complexity index is 815. The van der Waals surface area contributed by atoms with Crippen LogP contribution in [0, 0.1) is 0 Å². The number of thioether (sulfide) groups is 1. The van der Waals surface area contributed by atoms with Crippen molar-refractivity contribution in [1.29, 1.82) is 0 Å². The van der Waals surface area contributed by atoms with Gasteiger partial charge in [0.15, 0.2) is 5.78 Å². The van der Waals surface area contributed by atoms with Crippen molar-refractivity contribution < 1.29 is 19.4 Å². The van der Waals surface area contributed by atoms with Crippen molar-refractivity contribution in [2.24, 2.45) is 0 Å². The Hall–Kier alpha value is -2.44. The van der Waals surface area contributed by atoms with Crippen LogP contribution in [-0.4, -0.2) is 49.0 Å². The van der Waals surface area contributed by atoms with Crippen LogP contribution in [0.5, 0.6) is 17.2 Å². The molecule has 2 aromatic carbocycles. The Morgan fingerprint density at radius 1 is 1.27 bits per heavy atom. The van der Waals surface area contributed by atoms with Crippen molar-refractivity contribution in [1.82, 2.24) is 4.90 Å². The van der Waals surface area contributed by atoms with E-state index in [0.29, 0.717) is 28.8 Å². The van der Waals surface area contributed by atoms with Gasteiger partial charge in [0.1, 0.15) is 29.8 Å². The summed E-state index contributed by atoms with van der Waals surface area (Å²) in [4.78, 5) is 15.3. The molecule has 6 heteroatoms. The standard InChI is InChI=1S/C20H21NO4S/c1-21(2)11-12-24-15-6-3-14(4-7-15)5-8-16(22)19-17(23)9-10-18-20(19)26-13-25-18/h3-10,23H,11-13H2,1-2H3/b8-5+. The minimum atomic E-state index is -0.247. The summed E-state index contributed by atoms with van der Waals surface area (Å²) in [6.07, 6.45) is 3.20. The summed E-state index contributed by atoms with van der Waals surface area (Å²) in [5, 5.41) is 10.1. The van der Waals surface area contributed by atoms with Crippen LogP contribution in [-0.2, 0) is 0 Å². The number of ketones is 1. The van der Waals surface area contributed by atoms with Gasteiger partial charge in [-0.15, -0.1) is 0 Å². The zero-order valence-electron chi connectivity index (χ0n) is 14.8. The van der Waals surface area contributed by atoms with Crippen LogP contribution in [0.4, 0.5) is 0 Å². The number of allylic oxidation sites excluding steroid dienone is 1. The molecule has 136 valence electrons. The predicted octanol–water partition coefficient (Wildman–Crippen LogP) is 3.67. The van der Waals surface area contributed by atoms with Crippen molar-refractivity contribution in [3.8, 4) is 17.2 Å². The number of hydrogen-bond acceptors (Lipinski definition) is 6. The van der Waals surface area contributed by atoms with Gasteiger partial charge in [0.2, 0.25) is 0 Å². The maximum atomic E-state index is 12.5. The normalized spacial score (nSPS) is 13.0. The van der Waals surface area contributed by atoms with Crippen molar-refractivity contribution in [2.75, 3.05) is 33.2 Å². The molecule has 1 heterocycles. The SMILES string of the molecule is CN(C)CCOc1ccc(/C=C/C(=O)c2c(O)ccc3c2SCO3)cc1. The predicted molar refractivity (Wildman–Crippen MR) is 103 cm³/mol. The minimum absolute atomic E-state index is 0.0268. The first kappa shape index (κ1) is 18.4. The third kappa shape index (κ3) is 4.39. The first-order valence-corrected chi connectivity index (χ1v) is 9.25. The zero-order chi connectivity index (χ0) is 18.5. The molecular weight excluding hydrogens is 350 g/mol. The lowest BCUT2D eigenvalue weighted by molar-refractivity contribution is 0.104. The molecule has 26 heavy (non-hydrogen) atoms. The second-order valence-electron chi connectivity index (χ2n) is 6.11. The van der Waals surface area contributed by atoms with Crippen LogP contribution in [0.25, 0.3) is 6.08 Å². The molecule has 0 bridgehead atoms. The van der Waals surface area contributed by atoms with Crippen molar-refractivity contribution in [2.45, 2.75) is 4.90 Å². The molecule has 0 atom stereocenters. The van der Waals surface area contributed by atoms with E-state index in [2.05, 4.69) is 4.90 Å². The van der Waals surface area contributed by atoms with Gasteiger partial charge in [0, 0.05) is 6.54 Å². The van der Waals surface area contributed by atoms with Crippen LogP contribution < -0.4 is 9.47 Å². The van der Waals surface area contributed by atoms with E-state index >= 15 is 0 Å². The average molecular weight is 371 g/mol. The van der Waals surface area contributed by atoms with Crippen molar-refractivity contribution in [3.63, 3.8) is 0 Å². The highest BCUT2D eigenvalue weighted by molar-refractivity contribution is 7.99. The second kappa shape index (κ2) is 8.29. The third-order valence-corrected chi connectivity index (χ3v) is 4.81. The van der Waals surface area contributed by atoms with E-state index in [4.69, 9.17) is 9.47 Å². The van der Waals surface area contributed by atoms with Gasteiger partial charge in [0.25, 0.3) is 0 Å². The summed E-state index contributed by atoms with van der Waals surface area (Å²) in [5.41, 5.74) is 1.18. The number of carbonyl (C=O) groups excluding carboxylic acids is 1. The van der Waals surface area contributed by atoms with Gasteiger partial charge in [-0.05, 0) is 50.0 Å². The molecule has 0 aliphatic carbocycles. The molecule has 0 aromatic heterocycles. The maximum absolute atomic E-state index is 12.5. The highest BCUT2D eigenvalue weighted by Gasteiger charge is 2.23. The van der Waals surface area contributed by atoms with Gasteiger partial charge >= 0.3 is 0 Å². The van der Waals surface area contributed by atoms with E-state index < -0.39 is 0 Å². The summed E-state index contributed by atoms with van der Waals surface area (Å²) in [5.74, 6) is 1.62. The topological polar surface area (TPSA) is 59.0 Å². The Kier molecular flexibility index (Phi) is 5.85. The molecule has 5 nitrogen and oxygen atoms in total. The molecule has 3 rings (SSSR count). The summed E-state index contributed by atoms with van der Waals surface area (Å²) < 4.78 is 11.1. The number of likely N-dealkylation sites (N-methyl/N-ethyl adjacent to an activating group) is 1. The molecular formula is C20H21NO4S. The summed E-state index contributed by atoms with van der Waals surface area (Å²) in [7, 11) is 4.00. The van der Waals surface area contributed by atoms with Crippen LogP contribution in [0.3, 0.4) is 0 Å². The number of ether oxygens (including phenoxy) is 2. The Balaban J connectivity index is 1.67. The second-order valence-corrected chi connectivity index (χ2v) is 7.04. The molecule has 0 radical (unpaired) electrons. The van der Waals surface area contributed by atoms with Gasteiger partial charge in [-0.25, -0.2) is 0 Å². The lowest BCUT2D eigenvalue weighted by Crippen LogP contribution is -2.19. The smallest absolute Gasteiger partial charge is 0.190 e. The third-order valence-electron chi connectivity index (χ3n) is 3.88. The minimum Gasteiger partial charge on any atom is -0.507 e. The Labute approximate surface area is 157 Å². The number of phenolic OH excluding ortho intramolecular Hbond substituents is 1. The molecule has 1 aliphatic rings. The number of fused-ring (bicyclic) bond motifs is 1. The van der Waals surface area contributed by atoms with E-state index in [1.165, 1.54) is 23.9 Å². The number of benzene rings is 2. The van der Waals surface area contributed by atoms with Crippen LogP contribution >= 0.6 is 11.8 Å². The van der Waals surface area contributed by atoms with Gasteiger partial charge in [0.05, 0.1) is 10.5 Å². The Morgan fingerprint density at radius 2 is 2.04 bits per heavy atom. The first-order valence-electron chi connectivity index (χ1n) is 8.26. The number of nitrogens with zero attached hydrogens (tertiary/aromatic N) is 1. The van der Waals surface area contributed by atoms with Crippen LogP contribution in [0.2, 0.25) is 0 Å². The lowest BCUT2D eigenvalue weighted by Gasteiger charge is -2.10. The molecule has 0 spiro atoms. The molecule has 0 unspecified atom stereocenters. The van der Waals surface area contributed by atoms with E-state index in [9.17, 15) is 9.90 Å². The fraction of sp³-hybridized carbons (Fsp3) is 0.250. The van der Waals surface area contributed by atoms with E-state index in [0.717, 1.165) is 17.9 Å². The largest absolute Gasteiger partial charge is 0.507 e. The molecule has 1 aliphatic heterocycles. The van der Waals surface area contributed by atoms with Gasteiger partial charge in [-0.2, -0.15) is 0 Å². The van der Waals surface area contributed by atoms with Crippen molar-refractivity contribution >= 4 is 23.6 Å². The molecule has 1 N–H and O–H groups in total. The maximum Gasteiger partial charge on any atom is 0.190 e. The molecule has 0 saturated heterocycles. The lowest BCUT2D eigenvalue weighted by atomic mass is 10.1. The number of rotatable bonds is 7. The number of hydrogen-bond donors (Lipinski definition) is 1. The van der Waals surface area contributed by atoms with Crippen LogP contribution in [0.15, 0.2) is 47.4 Å². The van der Waals surface area contributed by atoms with E-state index in [-0.39, 0.29) is 11.5 Å². The summed E-state index contributed by atoms with van der Waals surface area (Å²) >= 11 is 1.41. The molecule has 2 aromatic rings. The van der Waals surface area contributed by atoms with E-state index in [1.807, 2.05) is 38.4 Å². The average Bonchev–Trinajstić information content (AvgIpc) is 3.09. The number of phenols is 1. The van der Waals surface area contributed by atoms with Gasteiger partial charge in [-0.3, -0.25) is 4.79 Å².